The van der Waals surface area contributed by atoms with E-state index >= 15 is 0 Å². The number of halogens is 1. The van der Waals surface area contributed by atoms with Gasteiger partial charge in [0.15, 0.2) is 9.84 Å². The number of carbonyl (C=O) groups excluding carboxylic acids is 3. The number of imide groups is 1. The van der Waals surface area contributed by atoms with E-state index in [1.807, 2.05) is 30.3 Å². The summed E-state index contributed by atoms with van der Waals surface area (Å²) in [6, 6.07) is 15.6. The fourth-order valence-corrected chi connectivity index (χ4v) is 4.64. The minimum absolute atomic E-state index is 0.122. The number of hydrogen-bond donors (Lipinski definition) is 0. The molecule has 0 aliphatic carbocycles. The fraction of sp³-hybridized carbons (Fsp3) is 0.286. The molecule has 1 saturated heterocycles. The SMILES string of the molecule is O=C(CCS(=O)(=O)c1ccc(Br)cc1)N1CC(=O)N(CCc2ccccc2)C(=O)C1. The third-order valence-corrected chi connectivity index (χ3v) is 7.09. The molecule has 1 fully saturated rings. The van der Waals surface area contributed by atoms with Crippen molar-refractivity contribution in [2.24, 2.45) is 0 Å². The minimum Gasteiger partial charge on any atom is -0.324 e. The van der Waals surface area contributed by atoms with E-state index in [2.05, 4.69) is 15.9 Å². The lowest BCUT2D eigenvalue weighted by Crippen LogP contribution is -2.56. The van der Waals surface area contributed by atoms with Crippen LogP contribution in [0.5, 0.6) is 0 Å². The molecule has 9 heteroatoms. The second-order valence-corrected chi connectivity index (χ2v) is 9.97. The Morgan fingerprint density at radius 3 is 2.13 bits per heavy atom. The zero-order valence-electron chi connectivity index (χ0n) is 16.2. The molecule has 0 N–H and O–H groups in total. The van der Waals surface area contributed by atoms with Crippen molar-refractivity contribution in [3.63, 3.8) is 0 Å². The maximum absolute atomic E-state index is 12.4. The lowest BCUT2D eigenvalue weighted by molar-refractivity contribution is -0.156. The molecular formula is C21H21BrN2O5S. The van der Waals surface area contributed by atoms with Crippen LogP contribution in [0.2, 0.25) is 0 Å². The highest BCUT2D eigenvalue weighted by atomic mass is 79.9. The second-order valence-electron chi connectivity index (χ2n) is 6.95. The molecule has 0 aromatic heterocycles. The molecule has 2 aromatic rings. The predicted octanol–water partition coefficient (Wildman–Crippen LogP) is 2.05. The van der Waals surface area contributed by atoms with Crippen LogP contribution in [0.4, 0.5) is 0 Å². The van der Waals surface area contributed by atoms with Crippen LogP contribution in [0.1, 0.15) is 12.0 Å². The molecule has 1 heterocycles. The highest BCUT2D eigenvalue weighted by molar-refractivity contribution is 9.10. The standard InChI is InChI=1S/C21H21BrN2O5S/c22-17-6-8-18(9-7-17)30(28,29)13-11-19(25)23-14-20(26)24(21(27)15-23)12-10-16-4-2-1-3-5-16/h1-9H,10-15H2. The van der Waals surface area contributed by atoms with Gasteiger partial charge in [-0.3, -0.25) is 19.3 Å². The Kier molecular flexibility index (Phi) is 7.04. The maximum atomic E-state index is 12.4. The number of nitrogens with zero attached hydrogens (tertiary/aromatic N) is 2. The van der Waals surface area contributed by atoms with Crippen LogP contribution in [0.25, 0.3) is 0 Å². The number of hydrogen-bond acceptors (Lipinski definition) is 5. The summed E-state index contributed by atoms with van der Waals surface area (Å²) in [7, 11) is -3.64. The highest BCUT2D eigenvalue weighted by Crippen LogP contribution is 2.17. The lowest BCUT2D eigenvalue weighted by Gasteiger charge is -2.32. The zero-order valence-corrected chi connectivity index (χ0v) is 18.6. The summed E-state index contributed by atoms with van der Waals surface area (Å²) < 4.78 is 25.6. The number of amides is 3. The van der Waals surface area contributed by atoms with Crippen LogP contribution in [0.3, 0.4) is 0 Å². The Morgan fingerprint density at radius 2 is 1.53 bits per heavy atom. The number of carbonyl (C=O) groups is 3. The Bertz CT molecular complexity index is 1020. The molecule has 0 radical (unpaired) electrons. The first-order chi connectivity index (χ1) is 14.3. The van der Waals surface area contributed by atoms with Crippen molar-refractivity contribution in [3.05, 3.63) is 64.6 Å². The first-order valence-corrected chi connectivity index (χ1v) is 11.8. The largest absolute Gasteiger partial charge is 0.324 e. The van der Waals surface area contributed by atoms with Gasteiger partial charge in [-0.05, 0) is 36.2 Å². The van der Waals surface area contributed by atoms with E-state index in [-0.39, 0.29) is 36.7 Å². The van der Waals surface area contributed by atoms with E-state index in [1.54, 1.807) is 12.1 Å². The molecule has 0 bridgehead atoms. The predicted molar refractivity (Wildman–Crippen MR) is 114 cm³/mol. The first kappa shape index (κ1) is 22.2. The molecular weight excluding hydrogens is 472 g/mol. The molecule has 1 aliphatic rings. The minimum atomic E-state index is -3.64. The molecule has 0 spiro atoms. The summed E-state index contributed by atoms with van der Waals surface area (Å²) in [4.78, 5) is 39.6. The van der Waals surface area contributed by atoms with Gasteiger partial charge in [-0.15, -0.1) is 0 Å². The van der Waals surface area contributed by atoms with E-state index < -0.39 is 27.6 Å². The number of piperazine rings is 1. The van der Waals surface area contributed by atoms with Gasteiger partial charge in [-0.25, -0.2) is 8.42 Å². The highest BCUT2D eigenvalue weighted by Gasteiger charge is 2.33. The Hall–Kier alpha value is -2.52. The number of rotatable bonds is 7. The Morgan fingerprint density at radius 1 is 0.933 bits per heavy atom. The molecule has 1 aliphatic heterocycles. The van der Waals surface area contributed by atoms with E-state index in [9.17, 15) is 22.8 Å². The van der Waals surface area contributed by atoms with Crippen LogP contribution in [-0.2, 0) is 30.6 Å². The topological polar surface area (TPSA) is 91.8 Å². The normalized spacial score (nSPS) is 14.8. The molecule has 0 atom stereocenters. The van der Waals surface area contributed by atoms with E-state index in [1.165, 1.54) is 12.1 Å². The van der Waals surface area contributed by atoms with Crippen LogP contribution < -0.4 is 0 Å². The molecule has 0 unspecified atom stereocenters. The summed E-state index contributed by atoms with van der Waals surface area (Å²) in [5.74, 6) is -1.82. The summed E-state index contributed by atoms with van der Waals surface area (Å²) >= 11 is 3.24. The first-order valence-electron chi connectivity index (χ1n) is 9.39. The third kappa shape index (κ3) is 5.54. The monoisotopic (exact) mass is 492 g/mol. The number of sulfone groups is 1. The molecule has 0 saturated carbocycles. The molecule has 2 aromatic carbocycles. The molecule has 3 rings (SSSR count). The van der Waals surface area contributed by atoms with Gasteiger partial charge in [0.1, 0.15) is 13.1 Å². The van der Waals surface area contributed by atoms with Gasteiger partial charge in [-0.1, -0.05) is 46.3 Å². The zero-order chi connectivity index (χ0) is 21.7. The van der Waals surface area contributed by atoms with Gasteiger partial charge in [0.05, 0.1) is 10.6 Å². The Labute approximate surface area is 183 Å². The van der Waals surface area contributed by atoms with Gasteiger partial charge < -0.3 is 4.90 Å². The van der Waals surface area contributed by atoms with Crippen molar-refractivity contribution >= 4 is 43.5 Å². The lowest BCUT2D eigenvalue weighted by atomic mass is 10.1. The van der Waals surface area contributed by atoms with Crippen molar-refractivity contribution < 1.29 is 22.8 Å². The molecule has 3 amide bonds. The molecule has 158 valence electrons. The fourth-order valence-electron chi connectivity index (χ4n) is 3.14. The average Bonchev–Trinajstić information content (AvgIpc) is 2.72. The van der Waals surface area contributed by atoms with Crippen LogP contribution >= 0.6 is 15.9 Å². The van der Waals surface area contributed by atoms with Crippen molar-refractivity contribution in [2.45, 2.75) is 17.7 Å². The Balaban J connectivity index is 1.54. The van der Waals surface area contributed by atoms with Gasteiger partial charge >= 0.3 is 0 Å². The van der Waals surface area contributed by atoms with E-state index in [0.717, 1.165) is 19.8 Å². The smallest absolute Gasteiger partial charge is 0.248 e. The summed E-state index contributed by atoms with van der Waals surface area (Å²) in [6.07, 6.45) is 0.251. The van der Waals surface area contributed by atoms with Crippen LogP contribution in [0, 0.1) is 0 Å². The van der Waals surface area contributed by atoms with Crippen molar-refractivity contribution in [3.8, 4) is 0 Å². The van der Waals surface area contributed by atoms with Crippen molar-refractivity contribution in [1.29, 1.82) is 0 Å². The van der Waals surface area contributed by atoms with E-state index in [4.69, 9.17) is 0 Å². The van der Waals surface area contributed by atoms with Crippen molar-refractivity contribution in [1.82, 2.24) is 9.80 Å². The van der Waals surface area contributed by atoms with Crippen molar-refractivity contribution in [2.75, 3.05) is 25.4 Å². The molecule has 30 heavy (non-hydrogen) atoms. The van der Waals surface area contributed by atoms with Gasteiger partial charge in [0, 0.05) is 17.4 Å². The maximum Gasteiger partial charge on any atom is 0.248 e. The van der Waals surface area contributed by atoms with Gasteiger partial charge in [-0.2, -0.15) is 0 Å². The van der Waals surface area contributed by atoms with Crippen LogP contribution in [0.15, 0.2) is 64.0 Å². The average molecular weight is 493 g/mol. The third-order valence-electron chi connectivity index (χ3n) is 4.83. The summed E-state index contributed by atoms with van der Waals surface area (Å²) in [5, 5.41) is 0. The van der Waals surface area contributed by atoms with E-state index in [0.29, 0.717) is 6.42 Å². The molecule has 7 nitrogen and oxygen atoms in total. The second kappa shape index (κ2) is 9.53. The summed E-state index contributed by atoms with van der Waals surface area (Å²) in [6.45, 7) is -0.197. The number of benzene rings is 2. The van der Waals surface area contributed by atoms with Crippen LogP contribution in [-0.4, -0.2) is 61.3 Å². The summed E-state index contributed by atoms with van der Waals surface area (Å²) in [5.41, 5.74) is 1.01. The van der Waals surface area contributed by atoms with Gasteiger partial charge in [0.25, 0.3) is 0 Å². The quantitative estimate of drug-likeness (QED) is 0.551. The van der Waals surface area contributed by atoms with Gasteiger partial charge in [0.2, 0.25) is 17.7 Å².